The third-order valence-electron chi connectivity index (χ3n) is 2.71. The van der Waals surface area contributed by atoms with E-state index in [1.165, 1.54) is 0 Å². The second-order valence-corrected chi connectivity index (χ2v) is 6.12. The van der Waals surface area contributed by atoms with Crippen molar-refractivity contribution < 1.29 is 4.74 Å². The van der Waals surface area contributed by atoms with E-state index in [1.54, 1.807) is 19.5 Å². The molecule has 0 amide bonds. The van der Waals surface area contributed by atoms with Gasteiger partial charge in [-0.05, 0) is 44.3 Å². The van der Waals surface area contributed by atoms with Gasteiger partial charge in [0, 0.05) is 36.1 Å². The van der Waals surface area contributed by atoms with Crippen LogP contribution in [0.4, 0.5) is 5.82 Å². The standard InChI is InChI=1S/C14H16Br2N4O/c1-3-4-18-14-12(16)11(8-21-2)19-13(20-14)9-5-10(15)7-17-6-9/h5-7H,3-4,8H2,1-2H3,(H,18,19,20). The number of halogens is 2. The number of rotatable bonds is 6. The number of methoxy groups -OCH3 is 1. The van der Waals surface area contributed by atoms with Crippen LogP contribution in [0.2, 0.25) is 0 Å². The van der Waals surface area contributed by atoms with Crippen molar-refractivity contribution in [3.63, 3.8) is 0 Å². The van der Waals surface area contributed by atoms with Crippen LogP contribution in [0.15, 0.2) is 27.4 Å². The number of ether oxygens (including phenoxy) is 1. The Balaban J connectivity index is 2.47. The molecule has 21 heavy (non-hydrogen) atoms. The number of anilines is 1. The number of pyridine rings is 1. The van der Waals surface area contributed by atoms with Crippen LogP contribution < -0.4 is 5.32 Å². The molecule has 0 fully saturated rings. The molecule has 2 heterocycles. The SMILES string of the molecule is CCCNc1nc(-c2cncc(Br)c2)nc(COC)c1Br. The van der Waals surface area contributed by atoms with Crippen molar-refractivity contribution in [3.05, 3.63) is 33.1 Å². The van der Waals surface area contributed by atoms with Gasteiger partial charge in [-0.3, -0.25) is 4.98 Å². The fraction of sp³-hybridized carbons (Fsp3) is 0.357. The van der Waals surface area contributed by atoms with E-state index in [0.29, 0.717) is 12.4 Å². The minimum atomic E-state index is 0.415. The molecular formula is C14H16Br2N4O. The first-order valence-corrected chi connectivity index (χ1v) is 8.14. The number of hydrogen-bond donors (Lipinski definition) is 1. The lowest BCUT2D eigenvalue weighted by atomic mass is 10.2. The summed E-state index contributed by atoms with van der Waals surface area (Å²) in [6.45, 7) is 3.37. The predicted octanol–water partition coefficient (Wildman–Crippen LogP) is 4.03. The first-order chi connectivity index (χ1) is 10.2. The van der Waals surface area contributed by atoms with Gasteiger partial charge >= 0.3 is 0 Å². The third kappa shape index (κ3) is 4.21. The first kappa shape index (κ1) is 16.3. The fourth-order valence-electron chi connectivity index (χ4n) is 1.75. The van der Waals surface area contributed by atoms with Gasteiger partial charge in [0.1, 0.15) is 5.82 Å². The zero-order chi connectivity index (χ0) is 15.2. The zero-order valence-corrected chi connectivity index (χ0v) is 15.0. The van der Waals surface area contributed by atoms with E-state index in [1.807, 2.05) is 6.07 Å². The quantitative estimate of drug-likeness (QED) is 0.771. The van der Waals surface area contributed by atoms with Gasteiger partial charge in [-0.1, -0.05) is 6.92 Å². The monoisotopic (exact) mass is 414 g/mol. The van der Waals surface area contributed by atoms with Gasteiger partial charge in [-0.15, -0.1) is 0 Å². The molecule has 2 rings (SSSR count). The van der Waals surface area contributed by atoms with Crippen LogP contribution in [0, 0.1) is 0 Å². The molecule has 0 bridgehead atoms. The Hall–Kier alpha value is -1.05. The largest absolute Gasteiger partial charge is 0.378 e. The Kier molecular flexibility index (Phi) is 6.08. The number of nitrogens with zero attached hydrogens (tertiary/aromatic N) is 3. The Morgan fingerprint density at radius 2 is 2.05 bits per heavy atom. The zero-order valence-electron chi connectivity index (χ0n) is 11.9. The van der Waals surface area contributed by atoms with Gasteiger partial charge in [0.25, 0.3) is 0 Å². The molecule has 0 radical (unpaired) electrons. The van der Waals surface area contributed by atoms with E-state index in [-0.39, 0.29) is 0 Å². The second-order valence-electron chi connectivity index (χ2n) is 4.41. The molecule has 0 saturated carbocycles. The molecule has 2 aromatic rings. The Morgan fingerprint density at radius 3 is 2.71 bits per heavy atom. The molecule has 2 aromatic heterocycles. The highest BCUT2D eigenvalue weighted by molar-refractivity contribution is 9.11. The van der Waals surface area contributed by atoms with Crippen LogP contribution in [0.25, 0.3) is 11.4 Å². The van der Waals surface area contributed by atoms with Crippen LogP contribution in [-0.4, -0.2) is 28.6 Å². The van der Waals surface area contributed by atoms with Crippen LogP contribution in [0.1, 0.15) is 19.0 Å². The minimum Gasteiger partial charge on any atom is -0.378 e. The van der Waals surface area contributed by atoms with Crippen molar-refractivity contribution in [3.8, 4) is 11.4 Å². The highest BCUT2D eigenvalue weighted by Gasteiger charge is 2.13. The van der Waals surface area contributed by atoms with Crippen molar-refractivity contribution in [2.45, 2.75) is 20.0 Å². The van der Waals surface area contributed by atoms with Crippen LogP contribution in [0.5, 0.6) is 0 Å². The molecule has 0 aliphatic carbocycles. The molecule has 0 unspecified atom stereocenters. The first-order valence-electron chi connectivity index (χ1n) is 6.55. The van der Waals surface area contributed by atoms with Crippen molar-refractivity contribution in [1.82, 2.24) is 15.0 Å². The second kappa shape index (κ2) is 7.82. The van der Waals surface area contributed by atoms with Gasteiger partial charge in [0.15, 0.2) is 5.82 Å². The summed E-state index contributed by atoms with van der Waals surface area (Å²) in [6.07, 6.45) is 4.49. The summed E-state index contributed by atoms with van der Waals surface area (Å²) in [7, 11) is 1.65. The fourth-order valence-corrected chi connectivity index (χ4v) is 2.55. The van der Waals surface area contributed by atoms with E-state index in [9.17, 15) is 0 Å². The predicted molar refractivity (Wildman–Crippen MR) is 90.2 cm³/mol. The van der Waals surface area contributed by atoms with Crippen LogP contribution >= 0.6 is 31.9 Å². The summed E-state index contributed by atoms with van der Waals surface area (Å²) in [5.41, 5.74) is 1.66. The Labute approximate surface area is 140 Å². The summed E-state index contributed by atoms with van der Waals surface area (Å²) in [5, 5.41) is 3.30. The molecule has 0 aliphatic rings. The maximum atomic E-state index is 5.21. The molecule has 0 aromatic carbocycles. The topological polar surface area (TPSA) is 59.9 Å². The summed E-state index contributed by atoms with van der Waals surface area (Å²) in [6, 6.07) is 1.94. The summed E-state index contributed by atoms with van der Waals surface area (Å²) in [5.74, 6) is 1.39. The Bertz CT molecular complexity index is 622. The highest BCUT2D eigenvalue weighted by Crippen LogP contribution is 2.28. The number of hydrogen-bond acceptors (Lipinski definition) is 5. The maximum Gasteiger partial charge on any atom is 0.163 e. The van der Waals surface area contributed by atoms with Crippen LogP contribution in [-0.2, 0) is 11.3 Å². The lowest BCUT2D eigenvalue weighted by Gasteiger charge is -2.12. The molecule has 112 valence electrons. The van der Waals surface area contributed by atoms with Crippen molar-refractivity contribution in [1.29, 1.82) is 0 Å². The molecule has 5 nitrogen and oxygen atoms in total. The average molecular weight is 416 g/mol. The molecule has 0 spiro atoms. The van der Waals surface area contributed by atoms with E-state index in [4.69, 9.17) is 4.74 Å². The van der Waals surface area contributed by atoms with E-state index in [2.05, 4.69) is 59.1 Å². The minimum absolute atomic E-state index is 0.415. The third-order valence-corrected chi connectivity index (χ3v) is 3.97. The molecule has 0 aliphatic heterocycles. The van der Waals surface area contributed by atoms with Gasteiger partial charge in [0.05, 0.1) is 16.8 Å². The van der Waals surface area contributed by atoms with Crippen molar-refractivity contribution in [2.24, 2.45) is 0 Å². The van der Waals surface area contributed by atoms with E-state index < -0.39 is 0 Å². The average Bonchev–Trinajstić information content (AvgIpc) is 2.48. The normalized spacial score (nSPS) is 10.7. The van der Waals surface area contributed by atoms with Gasteiger partial charge in [-0.25, -0.2) is 9.97 Å². The van der Waals surface area contributed by atoms with Gasteiger partial charge in [0.2, 0.25) is 0 Å². The maximum absolute atomic E-state index is 5.21. The molecule has 0 saturated heterocycles. The number of nitrogens with one attached hydrogen (secondary N) is 1. The van der Waals surface area contributed by atoms with Crippen molar-refractivity contribution in [2.75, 3.05) is 19.0 Å². The molecule has 1 N–H and O–H groups in total. The van der Waals surface area contributed by atoms with E-state index in [0.717, 1.165) is 39.0 Å². The van der Waals surface area contributed by atoms with Crippen LogP contribution in [0.3, 0.4) is 0 Å². The highest BCUT2D eigenvalue weighted by atomic mass is 79.9. The summed E-state index contributed by atoms with van der Waals surface area (Å²) >= 11 is 6.96. The smallest absolute Gasteiger partial charge is 0.163 e. The van der Waals surface area contributed by atoms with Gasteiger partial charge < -0.3 is 10.1 Å². The summed E-state index contributed by atoms with van der Waals surface area (Å²) < 4.78 is 6.94. The Morgan fingerprint density at radius 1 is 1.24 bits per heavy atom. The van der Waals surface area contributed by atoms with Crippen molar-refractivity contribution >= 4 is 37.7 Å². The van der Waals surface area contributed by atoms with E-state index >= 15 is 0 Å². The van der Waals surface area contributed by atoms with Gasteiger partial charge in [-0.2, -0.15) is 0 Å². The lowest BCUT2D eigenvalue weighted by molar-refractivity contribution is 0.181. The summed E-state index contributed by atoms with van der Waals surface area (Å²) in [4.78, 5) is 13.3. The molecular weight excluding hydrogens is 400 g/mol. The molecule has 0 atom stereocenters. The lowest BCUT2D eigenvalue weighted by Crippen LogP contribution is -2.08. The molecule has 7 heteroatoms. The number of aromatic nitrogens is 3.